The van der Waals surface area contributed by atoms with Crippen LogP contribution in [0.2, 0.25) is 0 Å². The number of amides is 1. The average Bonchev–Trinajstić information content (AvgIpc) is 3.14. The van der Waals surface area contributed by atoms with Crippen molar-refractivity contribution in [2.45, 2.75) is 25.5 Å². The second-order valence-corrected chi connectivity index (χ2v) is 5.25. The second kappa shape index (κ2) is 5.50. The lowest BCUT2D eigenvalue weighted by Gasteiger charge is -2.08. The molecule has 1 saturated heterocycles. The standard InChI is InChI=1S/C12H14N4O2S/c17-12(10-3-1-5-18-10)13-7-9-8-16(15-14-9)11-4-2-6-19-11/h2,4,6,8,10H,1,3,5,7H2,(H,13,17)/t10-/m1/s1. The number of rotatable bonds is 4. The lowest BCUT2D eigenvalue weighted by atomic mass is 10.2. The lowest BCUT2D eigenvalue weighted by Crippen LogP contribution is -2.33. The highest BCUT2D eigenvalue weighted by molar-refractivity contribution is 7.12. The second-order valence-electron chi connectivity index (χ2n) is 4.33. The molecule has 2 aromatic heterocycles. The molecule has 1 amide bonds. The van der Waals surface area contributed by atoms with Crippen LogP contribution in [0.5, 0.6) is 0 Å². The van der Waals surface area contributed by atoms with E-state index in [4.69, 9.17) is 4.74 Å². The highest BCUT2D eigenvalue weighted by Crippen LogP contribution is 2.14. The Balaban J connectivity index is 1.57. The van der Waals surface area contributed by atoms with E-state index in [-0.39, 0.29) is 12.0 Å². The Kier molecular flexibility index (Phi) is 3.56. The smallest absolute Gasteiger partial charge is 0.249 e. The summed E-state index contributed by atoms with van der Waals surface area (Å²) in [4.78, 5) is 11.8. The molecular formula is C12H14N4O2S. The fourth-order valence-corrected chi connectivity index (χ4v) is 2.61. The van der Waals surface area contributed by atoms with Crippen LogP contribution < -0.4 is 5.32 Å². The van der Waals surface area contributed by atoms with E-state index in [2.05, 4.69) is 15.6 Å². The molecule has 1 fully saturated rings. The minimum atomic E-state index is -0.299. The van der Waals surface area contributed by atoms with Gasteiger partial charge in [0.15, 0.2) is 0 Å². The normalized spacial score (nSPS) is 18.6. The van der Waals surface area contributed by atoms with Gasteiger partial charge in [0, 0.05) is 6.61 Å². The lowest BCUT2D eigenvalue weighted by molar-refractivity contribution is -0.130. The molecule has 7 heteroatoms. The number of carbonyl (C=O) groups excluding carboxylic acids is 1. The van der Waals surface area contributed by atoms with Gasteiger partial charge in [0.25, 0.3) is 0 Å². The van der Waals surface area contributed by atoms with Crippen molar-refractivity contribution < 1.29 is 9.53 Å². The summed E-state index contributed by atoms with van der Waals surface area (Å²) in [5.74, 6) is -0.0665. The Morgan fingerprint density at radius 1 is 1.63 bits per heavy atom. The van der Waals surface area contributed by atoms with Crippen LogP contribution in [-0.2, 0) is 16.1 Å². The van der Waals surface area contributed by atoms with E-state index in [1.54, 1.807) is 16.0 Å². The molecule has 6 nitrogen and oxygen atoms in total. The predicted octanol–water partition coefficient (Wildman–Crippen LogP) is 1.12. The maximum atomic E-state index is 11.8. The number of ether oxygens (including phenoxy) is 1. The third-order valence-electron chi connectivity index (χ3n) is 2.94. The molecule has 0 saturated carbocycles. The molecule has 1 aliphatic heterocycles. The fourth-order valence-electron chi connectivity index (χ4n) is 1.96. The minimum absolute atomic E-state index is 0.0665. The van der Waals surface area contributed by atoms with E-state index in [9.17, 15) is 4.79 Å². The molecule has 0 unspecified atom stereocenters. The summed E-state index contributed by atoms with van der Waals surface area (Å²) in [7, 11) is 0. The van der Waals surface area contributed by atoms with Crippen LogP contribution in [0, 0.1) is 0 Å². The van der Waals surface area contributed by atoms with E-state index < -0.39 is 0 Å². The third kappa shape index (κ3) is 2.82. The van der Waals surface area contributed by atoms with Crippen LogP contribution in [0.3, 0.4) is 0 Å². The van der Waals surface area contributed by atoms with Gasteiger partial charge in [-0.15, -0.1) is 16.4 Å². The number of thiophene rings is 1. The number of carbonyl (C=O) groups is 1. The summed E-state index contributed by atoms with van der Waals surface area (Å²) >= 11 is 1.59. The van der Waals surface area contributed by atoms with E-state index >= 15 is 0 Å². The van der Waals surface area contributed by atoms with E-state index in [0.29, 0.717) is 13.2 Å². The van der Waals surface area contributed by atoms with Crippen LogP contribution in [0.4, 0.5) is 0 Å². The fraction of sp³-hybridized carbons (Fsp3) is 0.417. The molecule has 3 rings (SSSR count). The van der Waals surface area contributed by atoms with Crippen LogP contribution in [0.1, 0.15) is 18.5 Å². The van der Waals surface area contributed by atoms with Crippen molar-refractivity contribution in [3.63, 3.8) is 0 Å². The van der Waals surface area contributed by atoms with Crippen molar-refractivity contribution in [2.24, 2.45) is 0 Å². The third-order valence-corrected chi connectivity index (χ3v) is 3.80. The molecular weight excluding hydrogens is 264 g/mol. The Bertz CT molecular complexity index is 546. The Morgan fingerprint density at radius 3 is 3.32 bits per heavy atom. The van der Waals surface area contributed by atoms with Crippen molar-refractivity contribution in [3.05, 3.63) is 29.4 Å². The number of nitrogens with zero attached hydrogens (tertiary/aromatic N) is 3. The highest BCUT2D eigenvalue weighted by atomic mass is 32.1. The summed E-state index contributed by atoms with van der Waals surface area (Å²) in [6.45, 7) is 1.05. The molecule has 0 bridgehead atoms. The predicted molar refractivity (Wildman–Crippen MR) is 70.1 cm³/mol. The first-order valence-electron chi connectivity index (χ1n) is 6.17. The van der Waals surface area contributed by atoms with Gasteiger partial charge < -0.3 is 10.1 Å². The summed E-state index contributed by atoms with van der Waals surface area (Å²) in [6.07, 6.45) is 3.27. The Labute approximate surface area is 114 Å². The van der Waals surface area contributed by atoms with Crippen molar-refractivity contribution in [3.8, 4) is 5.00 Å². The maximum Gasteiger partial charge on any atom is 0.249 e. The van der Waals surface area contributed by atoms with Gasteiger partial charge in [-0.1, -0.05) is 5.21 Å². The van der Waals surface area contributed by atoms with Crippen molar-refractivity contribution >= 4 is 17.2 Å². The van der Waals surface area contributed by atoms with E-state index in [0.717, 1.165) is 23.5 Å². The number of hydrogen-bond acceptors (Lipinski definition) is 5. The van der Waals surface area contributed by atoms with Gasteiger partial charge >= 0.3 is 0 Å². The summed E-state index contributed by atoms with van der Waals surface area (Å²) in [5.41, 5.74) is 0.736. The van der Waals surface area contributed by atoms with Gasteiger partial charge in [0.05, 0.1) is 12.7 Å². The van der Waals surface area contributed by atoms with Gasteiger partial charge in [0.2, 0.25) is 5.91 Å². The van der Waals surface area contributed by atoms with Gasteiger partial charge in [-0.05, 0) is 30.4 Å². The van der Waals surface area contributed by atoms with Crippen LogP contribution in [-0.4, -0.2) is 33.6 Å². The number of aromatic nitrogens is 3. The number of hydrogen-bond donors (Lipinski definition) is 1. The van der Waals surface area contributed by atoms with Gasteiger partial charge in [0.1, 0.15) is 16.8 Å². The molecule has 1 N–H and O–H groups in total. The van der Waals surface area contributed by atoms with Crippen molar-refractivity contribution in [2.75, 3.05) is 6.61 Å². The molecule has 1 atom stereocenters. The molecule has 1 aliphatic rings. The molecule has 2 aromatic rings. The van der Waals surface area contributed by atoms with Crippen molar-refractivity contribution in [1.82, 2.24) is 20.3 Å². The van der Waals surface area contributed by atoms with Crippen LogP contribution in [0.25, 0.3) is 5.00 Å². The average molecular weight is 278 g/mol. The Hall–Kier alpha value is -1.73. The summed E-state index contributed by atoms with van der Waals surface area (Å²) < 4.78 is 7.02. The monoisotopic (exact) mass is 278 g/mol. The first kappa shape index (κ1) is 12.3. The molecule has 0 aromatic carbocycles. The topological polar surface area (TPSA) is 69.0 Å². The molecule has 0 radical (unpaired) electrons. The SMILES string of the molecule is O=C(NCc1cn(-c2cccs2)nn1)[C@H]1CCCO1. The van der Waals surface area contributed by atoms with Crippen LogP contribution in [0.15, 0.2) is 23.7 Å². The van der Waals surface area contributed by atoms with E-state index in [1.165, 1.54) is 0 Å². The largest absolute Gasteiger partial charge is 0.368 e. The quantitative estimate of drug-likeness (QED) is 0.910. The van der Waals surface area contributed by atoms with Crippen molar-refractivity contribution in [1.29, 1.82) is 0 Å². The minimum Gasteiger partial charge on any atom is -0.368 e. The first-order valence-corrected chi connectivity index (χ1v) is 7.05. The molecule has 3 heterocycles. The van der Waals surface area contributed by atoms with Crippen LogP contribution >= 0.6 is 11.3 Å². The molecule has 19 heavy (non-hydrogen) atoms. The zero-order valence-corrected chi connectivity index (χ0v) is 11.1. The molecule has 0 spiro atoms. The van der Waals surface area contributed by atoms with Gasteiger partial charge in [-0.3, -0.25) is 4.79 Å². The highest BCUT2D eigenvalue weighted by Gasteiger charge is 2.23. The first-order chi connectivity index (χ1) is 9.33. The maximum absolute atomic E-state index is 11.8. The summed E-state index contributed by atoms with van der Waals surface area (Å²) in [6, 6.07) is 3.93. The molecule has 100 valence electrons. The Morgan fingerprint density at radius 2 is 2.58 bits per heavy atom. The van der Waals surface area contributed by atoms with E-state index in [1.807, 2.05) is 23.7 Å². The summed E-state index contributed by atoms with van der Waals surface area (Å²) in [5, 5.41) is 13.9. The zero-order chi connectivity index (χ0) is 13.1. The molecule has 0 aliphatic carbocycles. The number of nitrogens with one attached hydrogen (secondary N) is 1. The van der Waals surface area contributed by atoms with Gasteiger partial charge in [-0.25, -0.2) is 4.68 Å². The zero-order valence-electron chi connectivity index (χ0n) is 10.3. The van der Waals surface area contributed by atoms with Gasteiger partial charge in [-0.2, -0.15) is 0 Å².